The number of nitrogens with one attached hydrogen (secondary N) is 2. The molecule has 0 aliphatic carbocycles. The van der Waals surface area contributed by atoms with Crippen molar-refractivity contribution in [1.82, 2.24) is 14.9 Å². The number of alkyl halides is 3. The van der Waals surface area contributed by atoms with E-state index in [0.29, 0.717) is 31.5 Å². The van der Waals surface area contributed by atoms with Crippen LogP contribution in [0.15, 0.2) is 29.3 Å². The SMILES string of the molecule is [CH2-]CCC(=O)N(C[CH2-])CCCNc1nc(Nc2cc(SS)ccc2CC)ncc1C(F)(F)F.[U+2]. The molecule has 184 valence electrons. The standard InChI is InChI=1S/C22H28F3N5OS2.U/c1-4-8-19(31)30(6-3)12-7-11-26-20-17(22(23,24)25)14-27-21(29-20)28-18-13-16(33-32)10-9-15(18)5-2;/h9-10,13-14,32H,1,3-8,11-12H2,2H3,(H2,26,27,28,29);/q-2;+2. The van der Waals surface area contributed by atoms with E-state index in [-0.39, 0.29) is 61.9 Å². The molecule has 6 nitrogen and oxygen atoms in total. The Balaban J connectivity index is 0.00000578. The van der Waals surface area contributed by atoms with Crippen LogP contribution in [-0.4, -0.2) is 40.4 Å². The van der Waals surface area contributed by atoms with E-state index in [1.54, 1.807) is 4.90 Å². The van der Waals surface area contributed by atoms with Gasteiger partial charge in [-0.1, -0.05) is 23.8 Å². The number of aromatic nitrogens is 2. The van der Waals surface area contributed by atoms with E-state index < -0.39 is 11.7 Å². The van der Waals surface area contributed by atoms with Crippen molar-refractivity contribution in [1.29, 1.82) is 0 Å². The van der Waals surface area contributed by atoms with E-state index in [1.165, 1.54) is 10.8 Å². The van der Waals surface area contributed by atoms with Crippen LogP contribution in [0, 0.1) is 45.0 Å². The number of halogens is 3. The summed E-state index contributed by atoms with van der Waals surface area (Å²) in [7, 11) is 1.26. The van der Waals surface area contributed by atoms with Crippen molar-refractivity contribution in [3.8, 4) is 0 Å². The molecule has 1 heterocycles. The molecule has 1 aromatic heterocycles. The first-order chi connectivity index (χ1) is 15.7. The third kappa shape index (κ3) is 9.17. The van der Waals surface area contributed by atoms with Crippen LogP contribution >= 0.6 is 22.5 Å². The fourth-order valence-electron chi connectivity index (χ4n) is 3.09. The second kappa shape index (κ2) is 15.1. The quantitative estimate of drug-likeness (QED) is 0.111. The molecule has 0 spiro atoms. The summed E-state index contributed by atoms with van der Waals surface area (Å²) >= 11 is 4.19. The smallest absolute Gasteiger partial charge is 0.373 e. The van der Waals surface area contributed by atoms with Crippen LogP contribution in [0.2, 0.25) is 0 Å². The summed E-state index contributed by atoms with van der Waals surface area (Å²) < 4.78 is 40.5. The summed E-state index contributed by atoms with van der Waals surface area (Å²) in [6.45, 7) is 10.2. The summed E-state index contributed by atoms with van der Waals surface area (Å²) in [5, 5.41) is 5.77. The van der Waals surface area contributed by atoms with Crippen molar-refractivity contribution < 1.29 is 49.1 Å². The van der Waals surface area contributed by atoms with Crippen molar-refractivity contribution in [2.75, 3.05) is 30.3 Å². The summed E-state index contributed by atoms with van der Waals surface area (Å²) in [4.78, 5) is 22.4. The van der Waals surface area contributed by atoms with Gasteiger partial charge >= 0.3 is 37.3 Å². The normalized spacial score (nSPS) is 11.0. The molecule has 34 heavy (non-hydrogen) atoms. The Bertz CT molecular complexity index is 934. The van der Waals surface area contributed by atoms with Crippen LogP contribution in [0.4, 0.5) is 30.6 Å². The van der Waals surface area contributed by atoms with Crippen molar-refractivity contribution in [3.05, 3.63) is 49.4 Å². The van der Waals surface area contributed by atoms with Gasteiger partial charge in [0.2, 0.25) is 11.9 Å². The van der Waals surface area contributed by atoms with E-state index in [9.17, 15) is 18.0 Å². The van der Waals surface area contributed by atoms with Gasteiger partial charge in [0.25, 0.3) is 0 Å². The van der Waals surface area contributed by atoms with E-state index in [0.717, 1.165) is 23.1 Å². The van der Waals surface area contributed by atoms with Crippen LogP contribution in [0.25, 0.3) is 0 Å². The average Bonchev–Trinajstić information content (AvgIpc) is 2.78. The molecule has 0 aliphatic heterocycles. The molecule has 2 rings (SSSR count). The Morgan fingerprint density at radius 3 is 2.62 bits per heavy atom. The second-order valence-electron chi connectivity index (χ2n) is 7.11. The number of nitrogens with zero attached hydrogens (tertiary/aromatic N) is 3. The molecule has 0 bridgehead atoms. The molecule has 1 amide bonds. The number of carbonyl (C=O) groups is 1. The average molecular weight is 738 g/mol. The van der Waals surface area contributed by atoms with Gasteiger partial charge in [-0.25, -0.2) is 4.98 Å². The molecule has 0 saturated carbocycles. The number of rotatable bonds is 12. The third-order valence-electron chi connectivity index (χ3n) is 4.82. The minimum atomic E-state index is -4.61. The third-order valence-corrected chi connectivity index (χ3v) is 5.92. The number of thiol groups is 1. The van der Waals surface area contributed by atoms with Gasteiger partial charge in [-0.2, -0.15) is 24.6 Å². The first-order valence-electron chi connectivity index (χ1n) is 10.5. The van der Waals surface area contributed by atoms with Gasteiger partial charge in [0.15, 0.2) is 0 Å². The first-order valence-corrected chi connectivity index (χ1v) is 12.4. The largest absolute Gasteiger partial charge is 2.00 e. The van der Waals surface area contributed by atoms with E-state index >= 15 is 0 Å². The predicted molar refractivity (Wildman–Crippen MR) is 131 cm³/mol. The summed E-state index contributed by atoms with van der Waals surface area (Å²) in [6.07, 6.45) is -1.89. The number of aryl methyl sites for hydroxylation is 1. The Kier molecular flexibility index (Phi) is 13.8. The van der Waals surface area contributed by atoms with Gasteiger partial charge in [-0.15, -0.1) is 18.2 Å². The molecule has 0 radical (unpaired) electrons. The second-order valence-corrected chi connectivity index (χ2v) is 8.31. The topological polar surface area (TPSA) is 70.2 Å². The Labute approximate surface area is 231 Å². The van der Waals surface area contributed by atoms with E-state index in [4.69, 9.17) is 0 Å². The van der Waals surface area contributed by atoms with Crippen molar-refractivity contribution in [2.45, 2.75) is 43.7 Å². The van der Waals surface area contributed by atoms with Crippen molar-refractivity contribution >= 4 is 45.8 Å². The van der Waals surface area contributed by atoms with E-state index in [1.807, 2.05) is 25.1 Å². The molecule has 0 saturated heterocycles. The molecule has 12 heteroatoms. The zero-order valence-electron chi connectivity index (χ0n) is 18.9. The summed E-state index contributed by atoms with van der Waals surface area (Å²) in [5.74, 6) is -0.340. The van der Waals surface area contributed by atoms with Crippen LogP contribution in [0.1, 0.15) is 37.3 Å². The monoisotopic (exact) mass is 737 g/mol. The number of hydrogen-bond acceptors (Lipinski definition) is 7. The van der Waals surface area contributed by atoms with Gasteiger partial charge in [-0.05, 0) is 37.0 Å². The van der Waals surface area contributed by atoms with Crippen LogP contribution < -0.4 is 10.6 Å². The van der Waals surface area contributed by atoms with Gasteiger partial charge in [-0.3, -0.25) is 4.79 Å². The molecule has 1 aromatic carbocycles. The summed E-state index contributed by atoms with van der Waals surface area (Å²) in [5.41, 5.74) is 0.724. The zero-order chi connectivity index (χ0) is 24.4. The van der Waals surface area contributed by atoms with Crippen LogP contribution in [0.5, 0.6) is 0 Å². The van der Waals surface area contributed by atoms with Gasteiger partial charge in [0.1, 0.15) is 11.4 Å². The van der Waals surface area contributed by atoms with Gasteiger partial charge in [0.05, 0.1) is 0 Å². The molecule has 0 unspecified atom stereocenters. The molecule has 0 atom stereocenters. The number of benzene rings is 1. The maximum atomic E-state index is 13.5. The Hall–Kier alpha value is -1.09. The minimum absolute atomic E-state index is 0. The van der Waals surface area contributed by atoms with Crippen molar-refractivity contribution in [3.63, 3.8) is 0 Å². The van der Waals surface area contributed by atoms with Crippen LogP contribution in [-0.2, 0) is 17.4 Å². The number of amides is 1. The Morgan fingerprint density at radius 1 is 1.29 bits per heavy atom. The molecule has 0 aliphatic rings. The molecule has 2 aromatic rings. The van der Waals surface area contributed by atoms with E-state index in [2.05, 4.69) is 46.1 Å². The van der Waals surface area contributed by atoms with Gasteiger partial charge in [0, 0.05) is 29.9 Å². The van der Waals surface area contributed by atoms with Gasteiger partial charge < -0.3 is 29.4 Å². The van der Waals surface area contributed by atoms with Crippen LogP contribution in [0.3, 0.4) is 0 Å². The summed E-state index contributed by atoms with van der Waals surface area (Å²) in [6, 6.07) is 5.69. The maximum Gasteiger partial charge on any atom is 2.00 e. The minimum Gasteiger partial charge on any atom is -0.373 e. The fraction of sp³-hybridized carbons (Fsp3) is 0.409. The first kappa shape index (κ1) is 30.9. The molecule has 2 N–H and O–H groups in total. The Morgan fingerprint density at radius 2 is 2.03 bits per heavy atom. The number of anilines is 3. The number of hydrogen-bond donors (Lipinski definition) is 3. The maximum absolute atomic E-state index is 13.5. The molecule has 0 fully saturated rings. The molecular weight excluding hydrogens is 709 g/mol. The number of carbonyl (C=O) groups excluding carboxylic acids is 1. The zero-order valence-corrected chi connectivity index (χ0v) is 24.8. The molecular formula is C22H28F3N5OS2U. The fourth-order valence-corrected chi connectivity index (χ4v) is 3.73. The predicted octanol–water partition coefficient (Wildman–Crippen LogP) is 5.82. The van der Waals surface area contributed by atoms with Crippen molar-refractivity contribution in [2.24, 2.45) is 0 Å².